The van der Waals surface area contributed by atoms with Crippen LogP contribution >= 0.6 is 11.8 Å². The quantitative estimate of drug-likeness (QED) is 0.340. The first kappa shape index (κ1) is 11.8. The number of hydrogen-bond donors (Lipinski definition) is 2. The van der Waals surface area contributed by atoms with Gasteiger partial charge in [-0.25, -0.2) is 15.3 Å². The Labute approximate surface area is 102 Å². The molecule has 0 saturated heterocycles. The molecule has 0 radical (unpaired) electrons. The minimum absolute atomic E-state index is 0.186. The Morgan fingerprint density at radius 1 is 1.53 bits per heavy atom. The number of hydrogen-bond acceptors (Lipinski definition) is 6. The number of rotatable bonds is 3. The van der Waals surface area contributed by atoms with Crippen molar-refractivity contribution in [3.63, 3.8) is 0 Å². The third-order valence-corrected chi connectivity index (χ3v) is 2.93. The third kappa shape index (κ3) is 2.53. The van der Waals surface area contributed by atoms with E-state index in [1.807, 2.05) is 19.9 Å². The molecular weight excluding hydrogens is 240 g/mol. The zero-order valence-electron chi connectivity index (χ0n) is 9.47. The predicted molar refractivity (Wildman–Crippen MR) is 63.3 cm³/mol. The fourth-order valence-corrected chi connectivity index (χ4v) is 2.01. The van der Waals surface area contributed by atoms with Crippen molar-refractivity contribution in [1.82, 2.24) is 25.0 Å². The topological polar surface area (TPSA) is 98.2 Å². The van der Waals surface area contributed by atoms with Crippen LogP contribution in [0.25, 0.3) is 5.78 Å². The summed E-state index contributed by atoms with van der Waals surface area (Å²) in [6.07, 6.45) is 0. The number of hydrazine groups is 1. The van der Waals surface area contributed by atoms with Gasteiger partial charge in [-0.15, -0.1) is 5.10 Å². The van der Waals surface area contributed by atoms with Gasteiger partial charge >= 0.3 is 0 Å². The minimum Gasteiger partial charge on any atom is -0.294 e. The summed E-state index contributed by atoms with van der Waals surface area (Å²) in [6.45, 7) is 3.83. The number of nitrogens with two attached hydrogens (primary N) is 1. The maximum atomic E-state index is 11.0. The van der Waals surface area contributed by atoms with Gasteiger partial charge < -0.3 is 0 Å². The number of fused-ring (bicyclic) bond motifs is 1. The molecule has 1 amide bonds. The van der Waals surface area contributed by atoms with Gasteiger partial charge in [0.15, 0.2) is 0 Å². The zero-order valence-corrected chi connectivity index (χ0v) is 10.3. The third-order valence-electron chi connectivity index (χ3n) is 2.09. The molecule has 7 nitrogen and oxygen atoms in total. The van der Waals surface area contributed by atoms with Crippen LogP contribution in [0.3, 0.4) is 0 Å². The van der Waals surface area contributed by atoms with E-state index in [1.165, 1.54) is 11.8 Å². The van der Waals surface area contributed by atoms with E-state index < -0.39 is 0 Å². The van der Waals surface area contributed by atoms with Crippen LogP contribution < -0.4 is 11.3 Å². The number of nitrogens with one attached hydrogen (secondary N) is 1. The van der Waals surface area contributed by atoms with Crippen LogP contribution in [0.1, 0.15) is 11.4 Å². The number of thioether (sulfide) groups is 1. The molecule has 0 saturated carbocycles. The number of carbonyl (C=O) groups excluding carboxylic acids is 1. The normalized spacial score (nSPS) is 10.8. The molecule has 2 aromatic rings. The van der Waals surface area contributed by atoms with Gasteiger partial charge in [0.25, 0.3) is 5.78 Å². The van der Waals surface area contributed by atoms with Crippen molar-refractivity contribution in [3.05, 3.63) is 17.5 Å². The highest BCUT2D eigenvalue weighted by Gasteiger charge is 2.09. The SMILES string of the molecule is Cc1cc(C)n2nc(SCC(=O)NN)nc2n1. The molecule has 2 aromatic heterocycles. The fourth-order valence-electron chi connectivity index (χ4n) is 1.38. The smallest absolute Gasteiger partial charge is 0.253 e. The number of nitrogens with zero attached hydrogens (tertiary/aromatic N) is 4. The number of aromatic nitrogens is 4. The standard InChI is InChI=1S/C9H12N6OS/c1-5-3-6(2)15-8(11-5)12-9(14-15)17-4-7(16)13-10/h3H,4,10H2,1-2H3,(H,13,16). The molecule has 8 heteroatoms. The second-order valence-corrected chi connectivity index (χ2v) is 4.44. The molecule has 3 N–H and O–H groups in total. The van der Waals surface area contributed by atoms with E-state index in [4.69, 9.17) is 5.84 Å². The molecule has 0 aliphatic carbocycles. The van der Waals surface area contributed by atoms with Crippen molar-refractivity contribution in [2.75, 3.05) is 5.75 Å². The maximum Gasteiger partial charge on any atom is 0.253 e. The van der Waals surface area contributed by atoms with Crippen LogP contribution in [-0.2, 0) is 4.79 Å². The van der Waals surface area contributed by atoms with E-state index in [0.29, 0.717) is 10.9 Å². The van der Waals surface area contributed by atoms with Crippen LogP contribution in [0.4, 0.5) is 0 Å². The summed E-state index contributed by atoms with van der Waals surface area (Å²) in [5.41, 5.74) is 3.89. The second-order valence-electron chi connectivity index (χ2n) is 3.50. The summed E-state index contributed by atoms with van der Waals surface area (Å²) in [6, 6.07) is 1.92. The van der Waals surface area contributed by atoms with Crippen molar-refractivity contribution in [1.29, 1.82) is 0 Å². The summed E-state index contributed by atoms with van der Waals surface area (Å²) in [7, 11) is 0. The molecule has 2 rings (SSSR count). The van der Waals surface area contributed by atoms with Crippen LogP contribution in [0.15, 0.2) is 11.2 Å². The average Bonchev–Trinajstić information content (AvgIpc) is 2.69. The van der Waals surface area contributed by atoms with E-state index >= 15 is 0 Å². The molecule has 2 heterocycles. The van der Waals surface area contributed by atoms with Gasteiger partial charge in [0.1, 0.15) is 0 Å². The highest BCUT2D eigenvalue weighted by Crippen LogP contribution is 2.14. The highest BCUT2D eigenvalue weighted by atomic mass is 32.2. The number of amides is 1. The minimum atomic E-state index is -0.269. The molecule has 17 heavy (non-hydrogen) atoms. The molecule has 0 unspecified atom stereocenters. The lowest BCUT2D eigenvalue weighted by atomic mass is 10.4. The van der Waals surface area contributed by atoms with E-state index in [1.54, 1.807) is 4.52 Å². The Balaban J connectivity index is 2.26. The molecule has 0 bridgehead atoms. The highest BCUT2D eigenvalue weighted by molar-refractivity contribution is 7.99. The van der Waals surface area contributed by atoms with Gasteiger partial charge in [0.2, 0.25) is 11.1 Å². The average molecular weight is 252 g/mol. The molecule has 0 aliphatic heterocycles. The van der Waals surface area contributed by atoms with E-state index in [2.05, 4.69) is 20.5 Å². The second kappa shape index (κ2) is 4.68. The van der Waals surface area contributed by atoms with Crippen molar-refractivity contribution in [3.8, 4) is 0 Å². The summed E-state index contributed by atoms with van der Waals surface area (Å²) in [5, 5.41) is 4.75. The Bertz CT molecular complexity index is 566. The first-order valence-electron chi connectivity index (χ1n) is 4.93. The largest absolute Gasteiger partial charge is 0.294 e. The van der Waals surface area contributed by atoms with Crippen LogP contribution in [-0.4, -0.2) is 31.2 Å². The van der Waals surface area contributed by atoms with Gasteiger partial charge in [-0.3, -0.25) is 10.2 Å². The fraction of sp³-hybridized carbons (Fsp3) is 0.333. The lowest BCUT2D eigenvalue weighted by molar-refractivity contribution is -0.118. The lowest BCUT2D eigenvalue weighted by Gasteiger charge is -1.97. The molecule has 0 spiro atoms. The Morgan fingerprint density at radius 3 is 3.00 bits per heavy atom. The zero-order chi connectivity index (χ0) is 12.4. The van der Waals surface area contributed by atoms with Crippen LogP contribution in [0, 0.1) is 13.8 Å². The monoisotopic (exact) mass is 252 g/mol. The van der Waals surface area contributed by atoms with Crippen molar-refractivity contribution in [2.24, 2.45) is 5.84 Å². The number of carbonyl (C=O) groups is 1. The summed E-state index contributed by atoms with van der Waals surface area (Å²) in [5.74, 6) is 5.44. The molecule has 0 aliphatic rings. The molecule has 0 aromatic carbocycles. The van der Waals surface area contributed by atoms with Gasteiger partial charge in [-0.2, -0.15) is 4.98 Å². The molecule has 0 fully saturated rings. The molecule has 0 atom stereocenters. The maximum absolute atomic E-state index is 11.0. The predicted octanol–water partition coefficient (Wildman–Crippen LogP) is -0.177. The van der Waals surface area contributed by atoms with Crippen LogP contribution in [0.2, 0.25) is 0 Å². The molecular formula is C9H12N6OS. The van der Waals surface area contributed by atoms with Gasteiger partial charge in [0.05, 0.1) is 5.75 Å². The Hall–Kier alpha value is -1.67. The van der Waals surface area contributed by atoms with Crippen molar-refractivity contribution >= 4 is 23.4 Å². The van der Waals surface area contributed by atoms with E-state index in [0.717, 1.165) is 11.4 Å². The van der Waals surface area contributed by atoms with Gasteiger partial charge in [0, 0.05) is 11.4 Å². The summed E-state index contributed by atoms with van der Waals surface area (Å²) < 4.78 is 1.65. The molecule has 90 valence electrons. The van der Waals surface area contributed by atoms with Crippen molar-refractivity contribution < 1.29 is 4.79 Å². The van der Waals surface area contributed by atoms with E-state index in [9.17, 15) is 4.79 Å². The summed E-state index contributed by atoms with van der Waals surface area (Å²) >= 11 is 1.22. The Kier molecular flexibility index (Phi) is 3.25. The summed E-state index contributed by atoms with van der Waals surface area (Å²) in [4.78, 5) is 19.5. The van der Waals surface area contributed by atoms with Crippen molar-refractivity contribution in [2.45, 2.75) is 19.0 Å². The number of aryl methyl sites for hydroxylation is 2. The Morgan fingerprint density at radius 2 is 2.29 bits per heavy atom. The van der Waals surface area contributed by atoms with Crippen LogP contribution in [0.5, 0.6) is 0 Å². The van der Waals surface area contributed by atoms with Gasteiger partial charge in [-0.1, -0.05) is 11.8 Å². The first-order chi connectivity index (χ1) is 8.10. The first-order valence-corrected chi connectivity index (χ1v) is 5.92. The lowest BCUT2D eigenvalue weighted by Crippen LogP contribution is -2.31. The van der Waals surface area contributed by atoms with Gasteiger partial charge in [-0.05, 0) is 19.9 Å². The van der Waals surface area contributed by atoms with E-state index in [-0.39, 0.29) is 11.7 Å².